The second-order valence-corrected chi connectivity index (χ2v) is 4.78. The lowest BCUT2D eigenvalue weighted by Gasteiger charge is -2.06. The topological polar surface area (TPSA) is 49.8 Å². The first-order valence-electron chi connectivity index (χ1n) is 7.14. The first kappa shape index (κ1) is 14.6. The standard InChI is InChI=1S/C16H22N4/c1(7-17-11-15-5-3-9-19-13-15)2-8-18-12-16-6-4-10-20-14-16/h3-6,9-10,13-14,17-18H,1-2,7-8,11-12H2. The molecule has 20 heavy (non-hydrogen) atoms. The minimum absolute atomic E-state index is 0.900. The number of rotatable bonds is 9. The lowest BCUT2D eigenvalue weighted by atomic mass is 10.2. The fourth-order valence-electron chi connectivity index (χ4n) is 1.97. The molecule has 0 bridgehead atoms. The van der Waals surface area contributed by atoms with E-state index in [0.717, 1.165) is 26.2 Å². The van der Waals surface area contributed by atoms with Crippen molar-refractivity contribution in [1.82, 2.24) is 20.6 Å². The number of unbranched alkanes of at least 4 members (excludes halogenated alkanes) is 1. The summed E-state index contributed by atoms with van der Waals surface area (Å²) in [5, 5.41) is 6.86. The summed E-state index contributed by atoms with van der Waals surface area (Å²) in [6, 6.07) is 8.13. The highest BCUT2D eigenvalue weighted by Gasteiger charge is 1.93. The Morgan fingerprint density at radius 1 is 0.750 bits per heavy atom. The van der Waals surface area contributed by atoms with Gasteiger partial charge in [0.05, 0.1) is 0 Å². The lowest BCUT2D eigenvalue weighted by molar-refractivity contribution is 0.581. The third-order valence-corrected chi connectivity index (χ3v) is 3.06. The van der Waals surface area contributed by atoms with E-state index in [1.54, 1.807) is 12.4 Å². The highest BCUT2D eigenvalue weighted by molar-refractivity contribution is 5.08. The Labute approximate surface area is 120 Å². The van der Waals surface area contributed by atoms with Gasteiger partial charge in [-0.05, 0) is 49.2 Å². The van der Waals surface area contributed by atoms with Gasteiger partial charge < -0.3 is 10.6 Å². The summed E-state index contributed by atoms with van der Waals surface area (Å²) in [5.74, 6) is 0. The monoisotopic (exact) mass is 270 g/mol. The van der Waals surface area contributed by atoms with Gasteiger partial charge in [0.25, 0.3) is 0 Å². The fourth-order valence-corrected chi connectivity index (χ4v) is 1.97. The Bertz CT molecular complexity index is 413. The molecule has 0 aliphatic carbocycles. The summed E-state index contributed by atoms with van der Waals surface area (Å²) in [6.45, 7) is 3.89. The van der Waals surface area contributed by atoms with Crippen LogP contribution < -0.4 is 10.6 Å². The zero-order valence-electron chi connectivity index (χ0n) is 11.8. The number of nitrogens with zero attached hydrogens (tertiary/aromatic N) is 2. The van der Waals surface area contributed by atoms with Gasteiger partial charge in [-0.1, -0.05) is 12.1 Å². The van der Waals surface area contributed by atoms with Gasteiger partial charge in [-0.2, -0.15) is 0 Å². The average Bonchev–Trinajstić information content (AvgIpc) is 2.52. The van der Waals surface area contributed by atoms with Gasteiger partial charge in [-0.25, -0.2) is 0 Å². The molecule has 2 heterocycles. The van der Waals surface area contributed by atoms with Gasteiger partial charge in [0.15, 0.2) is 0 Å². The molecule has 0 saturated carbocycles. The minimum atomic E-state index is 0.900. The molecule has 106 valence electrons. The van der Waals surface area contributed by atoms with Crippen LogP contribution in [0.2, 0.25) is 0 Å². The van der Waals surface area contributed by atoms with Gasteiger partial charge >= 0.3 is 0 Å². The first-order valence-corrected chi connectivity index (χ1v) is 7.14. The van der Waals surface area contributed by atoms with Crippen molar-refractivity contribution >= 4 is 0 Å². The second kappa shape index (κ2) is 9.18. The van der Waals surface area contributed by atoms with Crippen LogP contribution in [0.3, 0.4) is 0 Å². The van der Waals surface area contributed by atoms with Crippen molar-refractivity contribution < 1.29 is 0 Å². The van der Waals surface area contributed by atoms with Crippen LogP contribution in [-0.2, 0) is 13.1 Å². The first-order chi connectivity index (χ1) is 9.95. The molecule has 4 heteroatoms. The maximum Gasteiger partial charge on any atom is 0.0312 e. The van der Waals surface area contributed by atoms with Crippen LogP contribution >= 0.6 is 0 Å². The molecule has 0 amide bonds. The van der Waals surface area contributed by atoms with Crippen LogP contribution in [0, 0.1) is 0 Å². The Hall–Kier alpha value is -1.78. The molecular formula is C16H22N4. The largest absolute Gasteiger partial charge is 0.313 e. The van der Waals surface area contributed by atoms with Crippen molar-refractivity contribution in [3.63, 3.8) is 0 Å². The highest BCUT2D eigenvalue weighted by atomic mass is 14.9. The van der Waals surface area contributed by atoms with Crippen LogP contribution in [0.25, 0.3) is 0 Å². The number of nitrogens with one attached hydrogen (secondary N) is 2. The smallest absolute Gasteiger partial charge is 0.0312 e. The maximum absolute atomic E-state index is 4.10. The van der Waals surface area contributed by atoms with Gasteiger partial charge in [-0.3, -0.25) is 9.97 Å². The molecule has 0 radical (unpaired) electrons. The Morgan fingerprint density at radius 2 is 1.25 bits per heavy atom. The molecule has 0 fully saturated rings. The van der Waals surface area contributed by atoms with Gasteiger partial charge in [-0.15, -0.1) is 0 Å². The molecular weight excluding hydrogens is 248 g/mol. The van der Waals surface area contributed by atoms with Crippen LogP contribution in [0.1, 0.15) is 24.0 Å². The van der Waals surface area contributed by atoms with E-state index in [0.29, 0.717) is 0 Å². The molecule has 0 saturated heterocycles. The third kappa shape index (κ3) is 5.91. The molecule has 2 aromatic rings. The van der Waals surface area contributed by atoms with E-state index in [2.05, 4.69) is 32.7 Å². The Balaban J connectivity index is 1.44. The summed E-state index contributed by atoms with van der Waals surface area (Å²) >= 11 is 0. The Kier molecular flexibility index (Phi) is 6.71. The fraction of sp³-hybridized carbons (Fsp3) is 0.375. The van der Waals surface area contributed by atoms with Crippen LogP contribution in [-0.4, -0.2) is 23.1 Å². The summed E-state index contributed by atoms with van der Waals surface area (Å²) < 4.78 is 0. The van der Waals surface area contributed by atoms with E-state index in [1.165, 1.54) is 24.0 Å². The van der Waals surface area contributed by atoms with Crippen LogP contribution in [0.5, 0.6) is 0 Å². The SMILES string of the molecule is c1cncc(CNCCCCNCc2cccnc2)c1. The molecule has 0 aromatic carbocycles. The number of aromatic nitrogens is 2. The molecule has 0 atom stereocenters. The summed E-state index contributed by atoms with van der Waals surface area (Å²) in [5.41, 5.74) is 2.48. The number of pyridine rings is 2. The molecule has 0 spiro atoms. The van der Waals surface area contributed by atoms with Crippen molar-refractivity contribution in [3.05, 3.63) is 60.2 Å². The van der Waals surface area contributed by atoms with Crippen LogP contribution in [0.15, 0.2) is 49.1 Å². The molecule has 2 rings (SSSR count). The molecule has 0 unspecified atom stereocenters. The summed E-state index contributed by atoms with van der Waals surface area (Å²) in [4.78, 5) is 8.20. The predicted octanol–water partition coefficient (Wildman–Crippen LogP) is 2.14. The van der Waals surface area contributed by atoms with Crippen molar-refractivity contribution in [2.45, 2.75) is 25.9 Å². The molecule has 0 aliphatic heterocycles. The highest BCUT2D eigenvalue weighted by Crippen LogP contribution is 1.96. The van der Waals surface area contributed by atoms with Crippen molar-refractivity contribution in [1.29, 1.82) is 0 Å². The molecule has 2 aromatic heterocycles. The zero-order chi connectivity index (χ0) is 13.9. The lowest BCUT2D eigenvalue weighted by Crippen LogP contribution is -2.18. The van der Waals surface area contributed by atoms with Gasteiger partial charge in [0.1, 0.15) is 0 Å². The van der Waals surface area contributed by atoms with Crippen molar-refractivity contribution in [2.75, 3.05) is 13.1 Å². The average molecular weight is 270 g/mol. The van der Waals surface area contributed by atoms with Crippen molar-refractivity contribution in [3.8, 4) is 0 Å². The normalized spacial score (nSPS) is 10.6. The van der Waals surface area contributed by atoms with E-state index < -0.39 is 0 Å². The second-order valence-electron chi connectivity index (χ2n) is 4.78. The quantitative estimate of drug-likeness (QED) is 0.685. The minimum Gasteiger partial charge on any atom is -0.313 e. The molecule has 4 nitrogen and oxygen atoms in total. The Morgan fingerprint density at radius 3 is 1.65 bits per heavy atom. The van der Waals surface area contributed by atoms with E-state index in [9.17, 15) is 0 Å². The third-order valence-electron chi connectivity index (χ3n) is 3.06. The van der Waals surface area contributed by atoms with Crippen LogP contribution in [0.4, 0.5) is 0 Å². The van der Waals surface area contributed by atoms with Crippen molar-refractivity contribution in [2.24, 2.45) is 0 Å². The van der Waals surface area contributed by atoms with Gasteiger partial charge in [0, 0.05) is 37.9 Å². The van der Waals surface area contributed by atoms with E-state index in [4.69, 9.17) is 0 Å². The number of hydrogen-bond acceptors (Lipinski definition) is 4. The number of hydrogen-bond donors (Lipinski definition) is 2. The molecule has 0 aliphatic rings. The summed E-state index contributed by atoms with van der Waals surface area (Å²) in [6.07, 6.45) is 9.78. The maximum atomic E-state index is 4.10. The van der Waals surface area contributed by atoms with E-state index >= 15 is 0 Å². The zero-order valence-corrected chi connectivity index (χ0v) is 11.8. The summed E-state index contributed by atoms with van der Waals surface area (Å²) in [7, 11) is 0. The predicted molar refractivity (Wildman–Crippen MR) is 81.1 cm³/mol. The van der Waals surface area contributed by atoms with E-state index in [-0.39, 0.29) is 0 Å². The van der Waals surface area contributed by atoms with Gasteiger partial charge in [0.2, 0.25) is 0 Å². The molecule has 2 N–H and O–H groups in total. The van der Waals surface area contributed by atoms with E-state index in [1.807, 2.05) is 24.5 Å².